The van der Waals surface area contributed by atoms with Crippen LogP contribution in [0, 0.1) is 11.3 Å². The Kier molecular flexibility index (Phi) is 3.62. The van der Waals surface area contributed by atoms with Crippen LogP contribution in [0.3, 0.4) is 0 Å². The highest BCUT2D eigenvalue weighted by Crippen LogP contribution is 2.33. The quantitative estimate of drug-likeness (QED) is 0.836. The minimum absolute atomic E-state index is 0.214. The molecule has 0 aliphatic carbocycles. The molecule has 0 fully saturated rings. The van der Waals surface area contributed by atoms with Gasteiger partial charge >= 0.3 is 0 Å². The summed E-state index contributed by atoms with van der Waals surface area (Å²) in [6, 6.07) is 10.8. The number of rotatable bonds is 2. The maximum absolute atomic E-state index is 8.84. The van der Waals surface area contributed by atoms with Gasteiger partial charge in [-0.05, 0) is 34.1 Å². The van der Waals surface area contributed by atoms with Crippen molar-refractivity contribution < 1.29 is 4.74 Å². The Labute approximate surface area is 112 Å². The van der Waals surface area contributed by atoms with E-state index in [0.29, 0.717) is 11.3 Å². The van der Waals surface area contributed by atoms with Gasteiger partial charge in [-0.3, -0.25) is 0 Å². The molecule has 0 spiro atoms. The summed E-state index contributed by atoms with van der Waals surface area (Å²) >= 11 is 9.34. The second kappa shape index (κ2) is 5.17. The third-order valence-electron chi connectivity index (χ3n) is 2.02. The van der Waals surface area contributed by atoms with E-state index in [2.05, 4.69) is 20.9 Å². The first kappa shape index (κ1) is 11.9. The number of hydrogen-bond donors (Lipinski definition) is 0. The zero-order chi connectivity index (χ0) is 12.3. The Morgan fingerprint density at radius 3 is 2.76 bits per heavy atom. The lowest BCUT2D eigenvalue weighted by atomic mass is 10.3. The van der Waals surface area contributed by atoms with Crippen LogP contribution in [-0.2, 0) is 0 Å². The lowest BCUT2D eigenvalue weighted by molar-refractivity contribution is 0.460. The molecule has 5 heteroatoms. The molecule has 0 unspecified atom stereocenters. The fourth-order valence-corrected chi connectivity index (χ4v) is 1.77. The molecule has 84 valence electrons. The highest BCUT2D eigenvalue weighted by Gasteiger charge is 2.10. The van der Waals surface area contributed by atoms with E-state index >= 15 is 0 Å². The lowest BCUT2D eigenvalue weighted by Crippen LogP contribution is -1.91. The van der Waals surface area contributed by atoms with E-state index < -0.39 is 0 Å². The van der Waals surface area contributed by atoms with E-state index in [1.54, 1.807) is 6.07 Å². The molecule has 2 aromatic rings. The van der Waals surface area contributed by atoms with Crippen molar-refractivity contribution in [2.24, 2.45) is 0 Å². The molecule has 1 aromatic carbocycles. The van der Waals surface area contributed by atoms with Gasteiger partial charge in [0.2, 0.25) is 5.88 Å². The zero-order valence-corrected chi connectivity index (χ0v) is 10.9. The molecule has 0 saturated carbocycles. The molecule has 3 nitrogen and oxygen atoms in total. The van der Waals surface area contributed by atoms with E-state index in [1.165, 1.54) is 12.3 Å². The van der Waals surface area contributed by atoms with E-state index in [0.717, 1.165) is 4.47 Å². The molecule has 0 atom stereocenters. The molecule has 17 heavy (non-hydrogen) atoms. The van der Waals surface area contributed by atoms with Crippen LogP contribution in [0.1, 0.15) is 5.56 Å². The SMILES string of the molecule is N#Cc1ccnc(Oc2ccccc2Br)c1Cl. The van der Waals surface area contributed by atoms with Gasteiger partial charge in [0, 0.05) is 6.20 Å². The summed E-state index contributed by atoms with van der Waals surface area (Å²) in [5, 5.41) is 9.05. The van der Waals surface area contributed by atoms with Crippen LogP contribution in [0.25, 0.3) is 0 Å². The van der Waals surface area contributed by atoms with Crippen molar-refractivity contribution in [3.8, 4) is 17.7 Å². The van der Waals surface area contributed by atoms with Gasteiger partial charge in [0.25, 0.3) is 0 Å². The summed E-state index contributed by atoms with van der Waals surface area (Å²) in [6.07, 6.45) is 1.48. The maximum atomic E-state index is 8.84. The molecule has 0 aliphatic rings. The first-order chi connectivity index (χ1) is 8.22. The second-order valence-electron chi connectivity index (χ2n) is 3.12. The number of benzene rings is 1. The first-order valence-corrected chi connectivity index (χ1v) is 5.86. The summed E-state index contributed by atoms with van der Waals surface area (Å²) in [5.74, 6) is 0.814. The van der Waals surface area contributed by atoms with Crippen molar-refractivity contribution in [3.05, 3.63) is 51.6 Å². The third kappa shape index (κ3) is 2.57. The number of halogens is 2. The normalized spacial score (nSPS) is 9.71. The number of pyridine rings is 1. The van der Waals surface area contributed by atoms with E-state index in [1.807, 2.05) is 24.3 Å². The van der Waals surface area contributed by atoms with Crippen LogP contribution in [-0.4, -0.2) is 4.98 Å². The van der Waals surface area contributed by atoms with Crippen LogP contribution in [0.5, 0.6) is 11.6 Å². The average molecular weight is 310 g/mol. The lowest BCUT2D eigenvalue weighted by Gasteiger charge is -2.08. The largest absolute Gasteiger partial charge is 0.436 e. The van der Waals surface area contributed by atoms with Crippen molar-refractivity contribution in [1.29, 1.82) is 5.26 Å². The van der Waals surface area contributed by atoms with Crippen LogP contribution in [0.15, 0.2) is 41.0 Å². The topological polar surface area (TPSA) is 45.9 Å². The van der Waals surface area contributed by atoms with Crippen LogP contribution in [0.4, 0.5) is 0 Å². The minimum Gasteiger partial charge on any atom is -0.436 e. The highest BCUT2D eigenvalue weighted by molar-refractivity contribution is 9.10. The Morgan fingerprint density at radius 1 is 1.29 bits per heavy atom. The number of nitrogens with zero attached hydrogens (tertiary/aromatic N) is 2. The third-order valence-corrected chi connectivity index (χ3v) is 3.04. The Balaban J connectivity index is 2.38. The molecule has 0 N–H and O–H groups in total. The number of hydrogen-bond acceptors (Lipinski definition) is 3. The zero-order valence-electron chi connectivity index (χ0n) is 8.52. The van der Waals surface area contributed by atoms with E-state index in [9.17, 15) is 0 Å². The van der Waals surface area contributed by atoms with Gasteiger partial charge in [0.05, 0.1) is 10.0 Å². The monoisotopic (exact) mass is 308 g/mol. The van der Waals surface area contributed by atoms with E-state index in [4.69, 9.17) is 21.6 Å². The van der Waals surface area contributed by atoms with Crippen LogP contribution in [0.2, 0.25) is 5.02 Å². The summed E-state index contributed by atoms with van der Waals surface area (Å²) in [6.45, 7) is 0. The second-order valence-corrected chi connectivity index (χ2v) is 4.35. The predicted octanol–water partition coefficient (Wildman–Crippen LogP) is 4.16. The summed E-state index contributed by atoms with van der Waals surface area (Å²) in [4.78, 5) is 4.00. The Bertz CT molecular complexity index is 595. The van der Waals surface area contributed by atoms with Crippen LogP contribution < -0.4 is 4.74 Å². The molecule has 0 bridgehead atoms. The van der Waals surface area contributed by atoms with Crippen molar-refractivity contribution in [2.75, 3.05) is 0 Å². The molecule has 0 aliphatic heterocycles. The number of ether oxygens (including phenoxy) is 1. The summed E-state index contributed by atoms with van der Waals surface area (Å²) < 4.78 is 6.33. The fraction of sp³-hybridized carbons (Fsp3) is 0. The summed E-state index contributed by atoms with van der Waals surface area (Å²) in [5.41, 5.74) is 0.337. The van der Waals surface area contributed by atoms with Gasteiger partial charge in [-0.1, -0.05) is 23.7 Å². The number of para-hydroxylation sites is 1. The number of aromatic nitrogens is 1. The minimum atomic E-state index is 0.214. The van der Waals surface area contributed by atoms with Gasteiger partial charge in [0.15, 0.2) is 0 Å². The van der Waals surface area contributed by atoms with Gasteiger partial charge in [-0.25, -0.2) is 4.98 Å². The van der Waals surface area contributed by atoms with Gasteiger partial charge in [0.1, 0.15) is 16.8 Å². The Hall–Kier alpha value is -1.57. The molecule has 0 saturated heterocycles. The van der Waals surface area contributed by atoms with Crippen molar-refractivity contribution in [2.45, 2.75) is 0 Å². The van der Waals surface area contributed by atoms with Gasteiger partial charge in [-0.2, -0.15) is 5.26 Å². The van der Waals surface area contributed by atoms with Gasteiger partial charge in [-0.15, -0.1) is 0 Å². The van der Waals surface area contributed by atoms with Crippen molar-refractivity contribution in [1.82, 2.24) is 4.98 Å². The molecule has 1 heterocycles. The smallest absolute Gasteiger partial charge is 0.239 e. The van der Waals surface area contributed by atoms with Crippen LogP contribution >= 0.6 is 27.5 Å². The standard InChI is InChI=1S/C12H6BrClN2O/c13-9-3-1-2-4-10(9)17-12-11(14)8(7-15)5-6-16-12/h1-6H. The first-order valence-electron chi connectivity index (χ1n) is 4.69. The highest BCUT2D eigenvalue weighted by atomic mass is 79.9. The Morgan fingerprint density at radius 2 is 2.06 bits per heavy atom. The van der Waals surface area contributed by atoms with Gasteiger partial charge < -0.3 is 4.74 Å². The average Bonchev–Trinajstić information content (AvgIpc) is 2.34. The van der Waals surface area contributed by atoms with E-state index in [-0.39, 0.29) is 10.9 Å². The predicted molar refractivity (Wildman–Crippen MR) is 68.2 cm³/mol. The molecule has 0 radical (unpaired) electrons. The molecular weight excluding hydrogens is 304 g/mol. The molecular formula is C12H6BrClN2O. The molecule has 1 aromatic heterocycles. The van der Waals surface area contributed by atoms with Crippen molar-refractivity contribution in [3.63, 3.8) is 0 Å². The summed E-state index contributed by atoms with van der Waals surface area (Å²) in [7, 11) is 0. The maximum Gasteiger partial charge on any atom is 0.239 e. The number of nitriles is 1. The fourth-order valence-electron chi connectivity index (χ4n) is 1.21. The molecule has 2 rings (SSSR count). The molecule has 0 amide bonds. The van der Waals surface area contributed by atoms with Crippen molar-refractivity contribution >= 4 is 27.5 Å².